The lowest BCUT2D eigenvalue weighted by atomic mass is 10.2. The van der Waals surface area contributed by atoms with Crippen molar-refractivity contribution >= 4 is 21.7 Å². The molecule has 2 aromatic rings. The minimum Gasteiger partial charge on any atom is -0.478 e. The summed E-state index contributed by atoms with van der Waals surface area (Å²) in [5.41, 5.74) is 6.11. The molecule has 8 nitrogen and oxygen atoms in total. The molecule has 0 bridgehead atoms. The number of H-pyrrole nitrogens is 1. The highest BCUT2D eigenvalue weighted by molar-refractivity contribution is 7.89. The largest absolute Gasteiger partial charge is 0.478 e. The number of nitrogens with two attached hydrogens (primary N) is 1. The third-order valence-corrected chi connectivity index (χ3v) is 4.51. The van der Waals surface area contributed by atoms with Gasteiger partial charge in [0.05, 0.1) is 17.4 Å². The minimum absolute atomic E-state index is 0.0747. The molecule has 1 aromatic carbocycles. The van der Waals surface area contributed by atoms with Crippen LogP contribution in [0.5, 0.6) is 0 Å². The second-order valence-corrected chi connectivity index (χ2v) is 6.11. The summed E-state index contributed by atoms with van der Waals surface area (Å²) >= 11 is 0. The van der Waals surface area contributed by atoms with Crippen LogP contribution < -0.4 is 10.5 Å². The molecule has 0 radical (unpaired) electrons. The van der Waals surface area contributed by atoms with Crippen molar-refractivity contribution in [1.82, 2.24) is 14.9 Å². The second kappa shape index (κ2) is 5.54. The van der Waals surface area contributed by atoms with Gasteiger partial charge in [-0.05, 0) is 25.1 Å². The Bertz CT molecular complexity index is 756. The predicted molar refractivity (Wildman–Crippen MR) is 75.1 cm³/mol. The first-order valence-corrected chi connectivity index (χ1v) is 7.43. The van der Waals surface area contributed by atoms with Crippen molar-refractivity contribution < 1.29 is 18.3 Å². The SMILES string of the molecule is CC(NS(=O)(=O)c1ccc(C(=O)O)cc1N)c1cn[nH]c1. The number of hydrogen-bond acceptors (Lipinski definition) is 5. The van der Waals surface area contributed by atoms with Gasteiger partial charge >= 0.3 is 5.97 Å². The summed E-state index contributed by atoms with van der Waals surface area (Å²) in [5.74, 6) is -1.18. The van der Waals surface area contributed by atoms with Gasteiger partial charge in [-0.3, -0.25) is 5.10 Å². The van der Waals surface area contributed by atoms with Gasteiger partial charge in [0.15, 0.2) is 0 Å². The van der Waals surface area contributed by atoms with Crippen LogP contribution in [-0.4, -0.2) is 29.7 Å². The Morgan fingerprint density at radius 2 is 2.19 bits per heavy atom. The first kappa shape index (κ1) is 15.0. The number of carboxylic acids is 1. The van der Waals surface area contributed by atoms with Crippen molar-refractivity contribution in [3.63, 3.8) is 0 Å². The van der Waals surface area contributed by atoms with E-state index in [0.717, 1.165) is 6.07 Å². The third-order valence-electron chi connectivity index (χ3n) is 2.90. The molecule has 1 aromatic heterocycles. The van der Waals surface area contributed by atoms with Crippen LogP contribution in [0, 0.1) is 0 Å². The molecular formula is C12H14N4O4S. The molecule has 0 saturated heterocycles. The summed E-state index contributed by atoms with van der Waals surface area (Å²) in [4.78, 5) is 10.7. The maximum Gasteiger partial charge on any atom is 0.335 e. The lowest BCUT2D eigenvalue weighted by molar-refractivity contribution is 0.0697. The normalized spacial score (nSPS) is 13.0. The summed E-state index contributed by atoms with van der Waals surface area (Å²) in [6, 6.07) is 2.96. The molecule has 1 heterocycles. The van der Waals surface area contributed by atoms with Crippen molar-refractivity contribution in [2.45, 2.75) is 17.9 Å². The van der Waals surface area contributed by atoms with E-state index in [-0.39, 0.29) is 16.1 Å². The molecule has 0 aliphatic carbocycles. The smallest absolute Gasteiger partial charge is 0.335 e. The van der Waals surface area contributed by atoms with E-state index in [1.54, 1.807) is 13.1 Å². The number of carboxylic acid groups (broad SMARTS) is 1. The van der Waals surface area contributed by atoms with E-state index in [1.807, 2.05) is 0 Å². The molecule has 9 heteroatoms. The molecule has 21 heavy (non-hydrogen) atoms. The highest BCUT2D eigenvalue weighted by Crippen LogP contribution is 2.22. The number of hydrogen-bond donors (Lipinski definition) is 4. The van der Waals surface area contributed by atoms with Crippen LogP contribution in [0.15, 0.2) is 35.5 Å². The molecule has 0 aliphatic rings. The van der Waals surface area contributed by atoms with Crippen LogP contribution in [0.1, 0.15) is 28.9 Å². The van der Waals surface area contributed by atoms with Crippen LogP contribution in [0.2, 0.25) is 0 Å². The zero-order valence-corrected chi connectivity index (χ0v) is 11.9. The van der Waals surface area contributed by atoms with E-state index in [4.69, 9.17) is 10.8 Å². The second-order valence-electron chi connectivity index (χ2n) is 4.43. The van der Waals surface area contributed by atoms with Crippen LogP contribution in [0.4, 0.5) is 5.69 Å². The number of rotatable bonds is 5. The van der Waals surface area contributed by atoms with Crippen molar-refractivity contribution in [2.75, 3.05) is 5.73 Å². The van der Waals surface area contributed by atoms with E-state index >= 15 is 0 Å². The number of nitrogen functional groups attached to an aromatic ring is 1. The lowest BCUT2D eigenvalue weighted by Crippen LogP contribution is -2.27. The Balaban J connectivity index is 2.29. The van der Waals surface area contributed by atoms with Crippen molar-refractivity contribution in [2.24, 2.45) is 0 Å². The molecule has 0 spiro atoms. The van der Waals surface area contributed by atoms with Gasteiger partial charge in [-0.25, -0.2) is 17.9 Å². The van der Waals surface area contributed by atoms with Crippen LogP contribution in [-0.2, 0) is 10.0 Å². The highest BCUT2D eigenvalue weighted by atomic mass is 32.2. The van der Waals surface area contributed by atoms with Crippen molar-refractivity contribution in [3.8, 4) is 0 Å². The fourth-order valence-electron chi connectivity index (χ4n) is 1.79. The monoisotopic (exact) mass is 310 g/mol. The quantitative estimate of drug-likeness (QED) is 0.600. The lowest BCUT2D eigenvalue weighted by Gasteiger charge is -2.14. The summed E-state index contributed by atoms with van der Waals surface area (Å²) in [5, 5.41) is 15.2. The van der Waals surface area contributed by atoms with Gasteiger partial charge in [0, 0.05) is 17.8 Å². The zero-order chi connectivity index (χ0) is 15.6. The summed E-state index contributed by atoms with van der Waals surface area (Å²) in [6.45, 7) is 1.66. The molecule has 0 saturated carbocycles. The third kappa shape index (κ3) is 3.20. The topological polar surface area (TPSA) is 138 Å². The molecule has 1 atom stereocenters. The van der Waals surface area contributed by atoms with Gasteiger partial charge in [-0.15, -0.1) is 0 Å². The molecule has 0 fully saturated rings. The Hall–Kier alpha value is -2.39. The number of benzene rings is 1. The maximum atomic E-state index is 12.3. The van der Waals surface area contributed by atoms with Gasteiger partial charge in [0.25, 0.3) is 0 Å². The number of aromatic nitrogens is 2. The van der Waals surface area contributed by atoms with E-state index in [1.165, 1.54) is 18.3 Å². The standard InChI is InChI=1S/C12H14N4O4S/c1-7(9-5-14-15-6-9)16-21(19,20)11-3-2-8(12(17)18)4-10(11)13/h2-7,16H,13H2,1H3,(H,14,15)(H,17,18). The number of sulfonamides is 1. The fourth-order valence-corrected chi connectivity index (χ4v) is 3.13. The number of carbonyl (C=O) groups is 1. The number of aromatic amines is 1. The van der Waals surface area contributed by atoms with E-state index in [9.17, 15) is 13.2 Å². The zero-order valence-electron chi connectivity index (χ0n) is 11.1. The Morgan fingerprint density at radius 3 is 2.71 bits per heavy atom. The summed E-state index contributed by atoms with van der Waals surface area (Å²) < 4.78 is 27.0. The predicted octanol–water partition coefficient (Wildman–Crippen LogP) is 0.730. The Kier molecular flexibility index (Phi) is 3.96. The summed E-state index contributed by atoms with van der Waals surface area (Å²) in [7, 11) is -3.87. The summed E-state index contributed by atoms with van der Waals surface area (Å²) in [6.07, 6.45) is 3.08. The molecule has 2 rings (SSSR count). The van der Waals surface area contributed by atoms with Gasteiger partial charge in [0.2, 0.25) is 10.0 Å². The average molecular weight is 310 g/mol. The molecule has 112 valence electrons. The Morgan fingerprint density at radius 1 is 1.48 bits per heavy atom. The number of nitrogens with zero attached hydrogens (tertiary/aromatic N) is 1. The Labute approximate surface area is 121 Å². The average Bonchev–Trinajstić information content (AvgIpc) is 2.91. The van der Waals surface area contributed by atoms with Crippen LogP contribution >= 0.6 is 0 Å². The van der Waals surface area contributed by atoms with Gasteiger partial charge in [0.1, 0.15) is 4.90 Å². The van der Waals surface area contributed by atoms with Gasteiger partial charge in [-0.1, -0.05) is 0 Å². The van der Waals surface area contributed by atoms with E-state index < -0.39 is 22.0 Å². The number of nitrogens with one attached hydrogen (secondary N) is 2. The molecule has 0 aliphatic heterocycles. The van der Waals surface area contributed by atoms with Crippen LogP contribution in [0.25, 0.3) is 0 Å². The van der Waals surface area contributed by atoms with Gasteiger partial charge < -0.3 is 10.8 Å². The first-order chi connectivity index (χ1) is 9.81. The highest BCUT2D eigenvalue weighted by Gasteiger charge is 2.22. The molecule has 0 amide bonds. The molecular weight excluding hydrogens is 296 g/mol. The first-order valence-electron chi connectivity index (χ1n) is 5.95. The van der Waals surface area contributed by atoms with Crippen LogP contribution in [0.3, 0.4) is 0 Å². The molecule has 1 unspecified atom stereocenters. The maximum absolute atomic E-state index is 12.3. The van der Waals surface area contributed by atoms with Crippen molar-refractivity contribution in [1.29, 1.82) is 0 Å². The van der Waals surface area contributed by atoms with Gasteiger partial charge in [-0.2, -0.15) is 5.10 Å². The number of anilines is 1. The van der Waals surface area contributed by atoms with Crippen molar-refractivity contribution in [3.05, 3.63) is 41.7 Å². The van der Waals surface area contributed by atoms with E-state index in [0.29, 0.717) is 5.56 Å². The number of aromatic carboxylic acids is 1. The minimum atomic E-state index is -3.87. The fraction of sp³-hybridized carbons (Fsp3) is 0.167. The molecule has 5 N–H and O–H groups in total. The van der Waals surface area contributed by atoms with E-state index in [2.05, 4.69) is 14.9 Å².